The number of hydrogen-bond acceptors (Lipinski definition) is 5. The van der Waals surface area contributed by atoms with Gasteiger partial charge in [-0.15, -0.1) is 11.3 Å². The van der Waals surface area contributed by atoms with Crippen molar-refractivity contribution in [2.45, 2.75) is 17.9 Å². The van der Waals surface area contributed by atoms with E-state index < -0.39 is 10.0 Å². The lowest BCUT2D eigenvalue weighted by Crippen LogP contribution is -2.29. The van der Waals surface area contributed by atoms with Crippen molar-refractivity contribution < 1.29 is 13.5 Å². The highest BCUT2D eigenvalue weighted by atomic mass is 79.9. The van der Waals surface area contributed by atoms with Crippen molar-refractivity contribution in [1.82, 2.24) is 9.29 Å². The maximum absolute atomic E-state index is 12.5. The van der Waals surface area contributed by atoms with E-state index in [0.717, 1.165) is 5.69 Å². The van der Waals surface area contributed by atoms with Crippen LogP contribution in [0.3, 0.4) is 0 Å². The third-order valence-electron chi connectivity index (χ3n) is 2.96. The summed E-state index contributed by atoms with van der Waals surface area (Å²) in [5.41, 5.74) is 0.847. The molecule has 1 N–H and O–H groups in total. The van der Waals surface area contributed by atoms with Crippen LogP contribution in [0.1, 0.15) is 10.6 Å². The monoisotopic (exact) mass is 390 g/mol. The summed E-state index contributed by atoms with van der Waals surface area (Å²) in [6.45, 7) is 0.173. The van der Waals surface area contributed by atoms with E-state index in [1.165, 1.54) is 21.7 Å². The number of hydrogen-bond donors (Lipinski definition) is 1. The summed E-state index contributed by atoms with van der Waals surface area (Å²) < 4.78 is 26.8. The number of pyridine rings is 1. The van der Waals surface area contributed by atoms with Crippen LogP contribution in [0.25, 0.3) is 0 Å². The zero-order valence-corrected chi connectivity index (χ0v) is 14.6. The van der Waals surface area contributed by atoms with Gasteiger partial charge in [0.15, 0.2) is 0 Å². The Bertz CT molecular complexity index is 701. The van der Waals surface area contributed by atoms with Gasteiger partial charge in [0.25, 0.3) is 0 Å². The van der Waals surface area contributed by atoms with Gasteiger partial charge in [0.05, 0.1) is 10.4 Å². The second-order valence-corrected chi connectivity index (χ2v) is 8.87. The van der Waals surface area contributed by atoms with Gasteiger partial charge in [0.2, 0.25) is 10.0 Å². The number of thiophene rings is 1. The molecule has 21 heavy (non-hydrogen) atoms. The van der Waals surface area contributed by atoms with E-state index in [-0.39, 0.29) is 11.5 Å². The fraction of sp³-hybridized carbons (Fsp3) is 0.308. The highest BCUT2D eigenvalue weighted by Crippen LogP contribution is 2.33. The van der Waals surface area contributed by atoms with Crippen LogP contribution in [0.4, 0.5) is 0 Å². The van der Waals surface area contributed by atoms with Crippen molar-refractivity contribution in [3.8, 4) is 0 Å². The molecule has 0 spiro atoms. The Kier molecular flexibility index (Phi) is 5.50. The van der Waals surface area contributed by atoms with E-state index in [2.05, 4.69) is 20.9 Å². The molecule has 0 aliphatic carbocycles. The summed E-state index contributed by atoms with van der Waals surface area (Å²) in [7, 11) is -2.03. The molecule has 0 bridgehead atoms. The Morgan fingerprint density at radius 3 is 2.76 bits per heavy atom. The van der Waals surface area contributed by atoms with Gasteiger partial charge >= 0.3 is 0 Å². The SMILES string of the molecule is CN(CCc1ccccn1)S(=O)(=O)c1cc(CO)sc1Br. The first-order valence-electron chi connectivity index (χ1n) is 6.20. The van der Waals surface area contributed by atoms with Crippen LogP contribution in [0.2, 0.25) is 0 Å². The normalized spacial score (nSPS) is 12.0. The first-order valence-corrected chi connectivity index (χ1v) is 9.25. The van der Waals surface area contributed by atoms with Gasteiger partial charge < -0.3 is 5.11 Å². The summed E-state index contributed by atoms with van der Waals surface area (Å²) in [5, 5.41) is 9.10. The number of sulfonamides is 1. The topological polar surface area (TPSA) is 70.5 Å². The predicted octanol–water partition coefficient (Wildman–Crippen LogP) is 2.26. The molecule has 0 fully saturated rings. The minimum absolute atomic E-state index is 0.170. The quantitative estimate of drug-likeness (QED) is 0.820. The molecule has 0 unspecified atom stereocenters. The standard InChI is InChI=1S/C13H15BrN2O3S2/c1-16(7-5-10-4-2-3-6-15-10)21(18,19)12-8-11(9-17)20-13(12)14/h2-4,6,8,17H,5,7,9H2,1H3. The molecular weight excluding hydrogens is 376 g/mol. The van der Waals surface area contributed by atoms with E-state index in [4.69, 9.17) is 5.11 Å². The van der Waals surface area contributed by atoms with Gasteiger partial charge in [-0.25, -0.2) is 12.7 Å². The lowest BCUT2D eigenvalue weighted by Gasteiger charge is -2.16. The molecule has 2 aromatic heterocycles. The second-order valence-electron chi connectivity index (χ2n) is 4.41. The third kappa shape index (κ3) is 3.89. The van der Waals surface area contributed by atoms with Gasteiger partial charge in [-0.05, 0) is 34.1 Å². The summed E-state index contributed by atoms with van der Waals surface area (Å²) in [5.74, 6) is 0. The predicted molar refractivity (Wildman–Crippen MR) is 85.7 cm³/mol. The van der Waals surface area contributed by atoms with Crippen LogP contribution >= 0.6 is 27.3 Å². The molecule has 5 nitrogen and oxygen atoms in total. The number of likely N-dealkylation sites (N-methyl/N-ethyl adjacent to an activating group) is 1. The zero-order chi connectivity index (χ0) is 15.5. The molecule has 0 saturated carbocycles. The minimum Gasteiger partial charge on any atom is -0.391 e. The van der Waals surface area contributed by atoms with Crippen LogP contribution in [0.5, 0.6) is 0 Å². The number of rotatable bonds is 6. The van der Waals surface area contributed by atoms with Crippen molar-refractivity contribution >= 4 is 37.3 Å². The van der Waals surface area contributed by atoms with Crippen molar-refractivity contribution in [1.29, 1.82) is 0 Å². The lowest BCUT2D eigenvalue weighted by molar-refractivity contribution is 0.285. The van der Waals surface area contributed by atoms with Gasteiger partial charge in [0.1, 0.15) is 4.90 Å². The maximum Gasteiger partial charge on any atom is 0.244 e. The number of aromatic nitrogens is 1. The fourth-order valence-corrected chi connectivity index (χ4v) is 5.42. The van der Waals surface area contributed by atoms with Crippen molar-refractivity contribution in [2.75, 3.05) is 13.6 Å². The molecular formula is C13H15BrN2O3S2. The van der Waals surface area contributed by atoms with Crippen molar-refractivity contribution in [3.05, 3.63) is 44.8 Å². The molecule has 0 radical (unpaired) electrons. The number of halogens is 1. The Balaban J connectivity index is 2.13. The first kappa shape index (κ1) is 16.6. The molecule has 2 aromatic rings. The number of aliphatic hydroxyl groups excluding tert-OH is 1. The van der Waals surface area contributed by atoms with Crippen LogP contribution in [-0.2, 0) is 23.1 Å². The highest BCUT2D eigenvalue weighted by Gasteiger charge is 2.25. The van der Waals surface area contributed by atoms with E-state index in [1.54, 1.807) is 13.2 Å². The second kappa shape index (κ2) is 6.97. The molecule has 2 heterocycles. The van der Waals surface area contributed by atoms with Crippen molar-refractivity contribution in [2.24, 2.45) is 0 Å². The Labute approximate surface area is 136 Å². The molecule has 8 heteroatoms. The maximum atomic E-state index is 12.5. The molecule has 0 atom stereocenters. The molecule has 2 rings (SSSR count). The van der Waals surface area contributed by atoms with E-state index in [9.17, 15) is 8.42 Å². The summed E-state index contributed by atoms with van der Waals surface area (Å²) in [6, 6.07) is 7.06. The lowest BCUT2D eigenvalue weighted by atomic mass is 10.3. The van der Waals surface area contributed by atoms with E-state index in [1.807, 2.05) is 18.2 Å². The molecule has 0 aromatic carbocycles. The van der Waals surface area contributed by atoms with Crippen molar-refractivity contribution in [3.63, 3.8) is 0 Å². The average molecular weight is 391 g/mol. The van der Waals surface area contributed by atoms with Crippen LogP contribution < -0.4 is 0 Å². The van der Waals surface area contributed by atoms with Crippen LogP contribution in [0.15, 0.2) is 39.1 Å². The molecule has 0 amide bonds. The fourth-order valence-electron chi connectivity index (χ4n) is 1.76. The minimum atomic E-state index is -3.57. The molecule has 0 aliphatic rings. The largest absolute Gasteiger partial charge is 0.391 e. The Morgan fingerprint density at radius 1 is 1.43 bits per heavy atom. The van der Waals surface area contributed by atoms with Gasteiger partial charge in [-0.1, -0.05) is 6.07 Å². The Hall–Kier alpha value is -0.800. The van der Waals surface area contributed by atoms with Gasteiger partial charge in [0, 0.05) is 36.8 Å². The molecule has 114 valence electrons. The summed E-state index contributed by atoms with van der Waals surface area (Å²) in [6.07, 6.45) is 2.23. The zero-order valence-electron chi connectivity index (χ0n) is 11.4. The summed E-state index contributed by atoms with van der Waals surface area (Å²) in [4.78, 5) is 4.98. The summed E-state index contributed by atoms with van der Waals surface area (Å²) >= 11 is 4.47. The molecule has 0 aliphatic heterocycles. The van der Waals surface area contributed by atoms with Crippen LogP contribution in [0, 0.1) is 0 Å². The van der Waals surface area contributed by atoms with E-state index >= 15 is 0 Å². The molecule has 0 saturated heterocycles. The highest BCUT2D eigenvalue weighted by molar-refractivity contribution is 9.11. The smallest absolute Gasteiger partial charge is 0.244 e. The average Bonchev–Trinajstić information content (AvgIpc) is 2.87. The Morgan fingerprint density at radius 2 is 2.19 bits per heavy atom. The van der Waals surface area contributed by atoms with Crippen LogP contribution in [-0.4, -0.2) is 36.4 Å². The van der Waals surface area contributed by atoms with E-state index in [0.29, 0.717) is 21.6 Å². The number of nitrogens with zero attached hydrogens (tertiary/aromatic N) is 2. The van der Waals surface area contributed by atoms with Gasteiger partial charge in [-0.3, -0.25) is 4.98 Å². The number of aliphatic hydroxyl groups is 1. The third-order valence-corrected chi connectivity index (χ3v) is 7.05. The first-order chi connectivity index (χ1) is 9.95. The van der Waals surface area contributed by atoms with Gasteiger partial charge in [-0.2, -0.15) is 0 Å².